The van der Waals surface area contributed by atoms with E-state index < -0.39 is 17.8 Å². The Labute approximate surface area is 150 Å². The SMILES string of the molecule is CC1(C)Oc2cc(O)c3c(c2C[C@H]1O)O[C@@H](c1ccc(O)cc1)CC3=O. The van der Waals surface area contributed by atoms with Gasteiger partial charge < -0.3 is 24.8 Å². The third-order valence-corrected chi connectivity index (χ3v) is 5.07. The van der Waals surface area contributed by atoms with E-state index in [0.717, 1.165) is 5.56 Å². The van der Waals surface area contributed by atoms with E-state index in [1.807, 2.05) is 0 Å². The van der Waals surface area contributed by atoms with Crippen molar-refractivity contribution in [1.29, 1.82) is 0 Å². The Hall–Kier alpha value is -2.73. The van der Waals surface area contributed by atoms with Crippen LogP contribution in [0.3, 0.4) is 0 Å². The van der Waals surface area contributed by atoms with Gasteiger partial charge in [0.1, 0.15) is 40.3 Å². The predicted octanol–water partition coefficient (Wildman–Crippen LogP) is 2.88. The zero-order chi connectivity index (χ0) is 18.6. The van der Waals surface area contributed by atoms with Crippen molar-refractivity contribution < 1.29 is 29.6 Å². The lowest BCUT2D eigenvalue weighted by atomic mass is 9.87. The first-order valence-electron chi connectivity index (χ1n) is 8.51. The number of carbonyl (C=O) groups is 1. The van der Waals surface area contributed by atoms with E-state index >= 15 is 0 Å². The summed E-state index contributed by atoms with van der Waals surface area (Å²) < 4.78 is 11.9. The van der Waals surface area contributed by atoms with Crippen LogP contribution in [0.5, 0.6) is 23.0 Å². The van der Waals surface area contributed by atoms with E-state index in [4.69, 9.17) is 9.47 Å². The van der Waals surface area contributed by atoms with Gasteiger partial charge in [-0.15, -0.1) is 0 Å². The number of phenols is 2. The fourth-order valence-corrected chi connectivity index (χ4v) is 3.47. The lowest BCUT2D eigenvalue weighted by Crippen LogP contribution is -2.46. The molecule has 0 aliphatic carbocycles. The molecule has 136 valence electrons. The molecular formula is C20H20O6. The number of hydrogen-bond donors (Lipinski definition) is 3. The molecule has 0 saturated heterocycles. The molecule has 2 aliphatic heterocycles. The molecule has 2 atom stereocenters. The molecule has 26 heavy (non-hydrogen) atoms. The van der Waals surface area contributed by atoms with Crippen molar-refractivity contribution in [2.24, 2.45) is 0 Å². The van der Waals surface area contributed by atoms with Crippen LogP contribution in [0, 0.1) is 0 Å². The molecule has 0 fully saturated rings. The summed E-state index contributed by atoms with van der Waals surface area (Å²) in [5.41, 5.74) is 0.662. The van der Waals surface area contributed by atoms with E-state index in [1.165, 1.54) is 18.2 Å². The number of aliphatic hydroxyl groups excluding tert-OH is 1. The van der Waals surface area contributed by atoms with Gasteiger partial charge in [-0.05, 0) is 31.5 Å². The maximum atomic E-state index is 12.7. The average molecular weight is 356 g/mol. The number of aliphatic hydroxyl groups is 1. The topological polar surface area (TPSA) is 96.2 Å². The summed E-state index contributed by atoms with van der Waals surface area (Å²) >= 11 is 0. The molecule has 2 aromatic carbocycles. The maximum absolute atomic E-state index is 12.7. The van der Waals surface area contributed by atoms with Gasteiger partial charge in [0.25, 0.3) is 0 Å². The molecule has 3 N–H and O–H groups in total. The number of benzene rings is 2. The van der Waals surface area contributed by atoms with Gasteiger partial charge in [-0.1, -0.05) is 12.1 Å². The van der Waals surface area contributed by atoms with Gasteiger partial charge in [-0.25, -0.2) is 0 Å². The number of ether oxygens (including phenoxy) is 2. The molecule has 0 saturated carbocycles. The largest absolute Gasteiger partial charge is 0.508 e. The fourth-order valence-electron chi connectivity index (χ4n) is 3.47. The van der Waals surface area contributed by atoms with Gasteiger partial charge in [0.2, 0.25) is 0 Å². The highest BCUT2D eigenvalue weighted by atomic mass is 16.5. The Bertz CT molecular complexity index is 884. The highest BCUT2D eigenvalue weighted by Crippen LogP contribution is 2.48. The molecule has 2 heterocycles. The Morgan fingerprint density at radius 1 is 1.12 bits per heavy atom. The van der Waals surface area contributed by atoms with E-state index in [9.17, 15) is 20.1 Å². The average Bonchev–Trinajstić information content (AvgIpc) is 2.56. The van der Waals surface area contributed by atoms with Crippen LogP contribution < -0.4 is 9.47 Å². The van der Waals surface area contributed by atoms with Crippen LogP contribution in [0.1, 0.15) is 47.9 Å². The van der Waals surface area contributed by atoms with Crippen LogP contribution in [0.15, 0.2) is 30.3 Å². The minimum absolute atomic E-state index is 0.0824. The van der Waals surface area contributed by atoms with Gasteiger partial charge in [0.05, 0.1) is 12.5 Å². The number of Topliss-reactive ketones (excluding diaryl/α,β-unsaturated/α-hetero) is 1. The quantitative estimate of drug-likeness (QED) is 0.727. The van der Waals surface area contributed by atoms with Crippen molar-refractivity contribution in [3.05, 3.63) is 47.0 Å². The van der Waals surface area contributed by atoms with Gasteiger partial charge in [-0.3, -0.25) is 4.79 Å². The van der Waals surface area contributed by atoms with Crippen molar-refractivity contribution in [3.63, 3.8) is 0 Å². The number of fused-ring (bicyclic) bond motifs is 3. The van der Waals surface area contributed by atoms with Crippen LogP contribution in [-0.4, -0.2) is 32.8 Å². The Kier molecular flexibility index (Phi) is 3.63. The smallest absolute Gasteiger partial charge is 0.174 e. The Morgan fingerprint density at radius 3 is 2.50 bits per heavy atom. The monoisotopic (exact) mass is 356 g/mol. The van der Waals surface area contributed by atoms with Crippen LogP contribution in [0.25, 0.3) is 0 Å². The predicted molar refractivity (Wildman–Crippen MR) is 92.9 cm³/mol. The second-order valence-electron chi connectivity index (χ2n) is 7.33. The number of rotatable bonds is 1. The van der Waals surface area contributed by atoms with Gasteiger partial charge in [-0.2, -0.15) is 0 Å². The second kappa shape index (κ2) is 5.64. The molecule has 0 unspecified atom stereocenters. The van der Waals surface area contributed by atoms with Crippen molar-refractivity contribution >= 4 is 5.78 Å². The fraction of sp³-hybridized carbons (Fsp3) is 0.350. The summed E-state index contributed by atoms with van der Waals surface area (Å²) in [6.45, 7) is 3.53. The number of phenolic OH excluding ortho intramolecular Hbond substituents is 2. The van der Waals surface area contributed by atoms with Gasteiger partial charge in [0, 0.05) is 18.1 Å². The summed E-state index contributed by atoms with van der Waals surface area (Å²) in [5, 5.41) is 30.2. The minimum atomic E-state index is -0.803. The molecule has 0 spiro atoms. The highest BCUT2D eigenvalue weighted by molar-refractivity contribution is 6.03. The lowest BCUT2D eigenvalue weighted by Gasteiger charge is -2.39. The molecule has 6 nitrogen and oxygen atoms in total. The zero-order valence-electron chi connectivity index (χ0n) is 14.5. The minimum Gasteiger partial charge on any atom is -0.508 e. The van der Waals surface area contributed by atoms with Crippen molar-refractivity contribution in [2.75, 3.05) is 0 Å². The van der Waals surface area contributed by atoms with Gasteiger partial charge >= 0.3 is 0 Å². The highest BCUT2D eigenvalue weighted by Gasteiger charge is 2.41. The molecule has 2 aromatic rings. The van der Waals surface area contributed by atoms with Gasteiger partial charge in [0.15, 0.2) is 5.78 Å². The summed E-state index contributed by atoms with van der Waals surface area (Å²) in [7, 11) is 0. The van der Waals surface area contributed by atoms with E-state index in [1.54, 1.807) is 26.0 Å². The molecule has 4 rings (SSSR count). The number of aromatic hydroxyl groups is 2. The van der Waals surface area contributed by atoms with Crippen molar-refractivity contribution in [2.45, 2.75) is 44.5 Å². The standard InChI is InChI=1S/C20H20O6/c1-20(2)17(24)7-12-16(26-20)9-14(23)18-13(22)8-15(25-19(12)18)10-3-5-11(21)6-4-10/h3-6,9,15,17,21,23-24H,7-8H2,1-2H3/t15-,17-/m1/s1. The molecular weight excluding hydrogens is 336 g/mol. The van der Waals surface area contributed by atoms with Crippen molar-refractivity contribution in [3.8, 4) is 23.0 Å². The molecule has 0 radical (unpaired) electrons. The van der Waals surface area contributed by atoms with Crippen molar-refractivity contribution in [1.82, 2.24) is 0 Å². The second-order valence-corrected chi connectivity index (χ2v) is 7.33. The number of hydrogen-bond acceptors (Lipinski definition) is 6. The summed E-state index contributed by atoms with van der Waals surface area (Å²) in [6.07, 6.45) is -0.954. The first-order valence-corrected chi connectivity index (χ1v) is 8.51. The maximum Gasteiger partial charge on any atom is 0.174 e. The van der Waals surface area contributed by atoms with E-state index in [2.05, 4.69) is 0 Å². The Morgan fingerprint density at radius 2 is 1.81 bits per heavy atom. The Balaban J connectivity index is 1.80. The third kappa shape index (κ3) is 2.57. The molecule has 0 aromatic heterocycles. The van der Waals surface area contributed by atoms with Crippen LogP contribution in [-0.2, 0) is 6.42 Å². The molecule has 0 bridgehead atoms. The zero-order valence-corrected chi connectivity index (χ0v) is 14.5. The molecule has 2 aliphatic rings. The third-order valence-electron chi connectivity index (χ3n) is 5.07. The summed E-state index contributed by atoms with van der Waals surface area (Å²) in [4.78, 5) is 12.7. The van der Waals surface area contributed by atoms with E-state index in [-0.39, 0.29) is 41.4 Å². The normalized spacial score (nSPS) is 23.4. The van der Waals surface area contributed by atoms with Crippen LogP contribution in [0.4, 0.5) is 0 Å². The van der Waals surface area contributed by atoms with E-state index in [0.29, 0.717) is 11.3 Å². The summed E-state index contributed by atoms with van der Waals surface area (Å²) in [5.74, 6) is 0.397. The number of carbonyl (C=O) groups excluding carboxylic acids is 1. The van der Waals surface area contributed by atoms with Crippen LogP contribution >= 0.6 is 0 Å². The molecule has 0 amide bonds. The first-order chi connectivity index (χ1) is 12.3. The first kappa shape index (κ1) is 16.7. The lowest BCUT2D eigenvalue weighted by molar-refractivity contribution is -0.0423. The van der Waals surface area contributed by atoms with Crippen LogP contribution in [0.2, 0.25) is 0 Å². The summed E-state index contributed by atoms with van der Waals surface area (Å²) in [6, 6.07) is 7.88. The number of ketones is 1. The molecule has 6 heteroatoms.